The van der Waals surface area contributed by atoms with E-state index in [2.05, 4.69) is 12.3 Å². The van der Waals surface area contributed by atoms with Crippen LogP contribution in [0.1, 0.15) is 23.6 Å². The third-order valence-corrected chi connectivity index (χ3v) is 5.55. The second-order valence-corrected chi connectivity index (χ2v) is 7.92. The van der Waals surface area contributed by atoms with Crippen LogP contribution in [0.2, 0.25) is 5.02 Å². The minimum Gasteiger partial charge on any atom is -0.493 e. The molecular weight excluding hydrogens is 440 g/mol. The van der Waals surface area contributed by atoms with E-state index < -0.39 is 11.8 Å². The fourth-order valence-electron chi connectivity index (χ4n) is 3.42. The second kappa shape index (κ2) is 9.79. The number of aryl methyl sites for hydroxylation is 1. The summed E-state index contributed by atoms with van der Waals surface area (Å²) in [6, 6.07) is 20.1. The largest absolute Gasteiger partial charge is 0.493 e. The van der Waals surface area contributed by atoms with Gasteiger partial charge in [0.15, 0.2) is 11.5 Å². The molecule has 1 heterocycles. The molecule has 2 amide bonds. The average Bonchev–Trinajstić information content (AvgIpc) is 3.12. The molecule has 3 aromatic rings. The molecule has 1 fully saturated rings. The summed E-state index contributed by atoms with van der Waals surface area (Å²) in [7, 11) is 1.54. The summed E-state index contributed by atoms with van der Waals surface area (Å²) in [5.74, 6) is 0.179. The Bertz CT molecular complexity index is 1200. The summed E-state index contributed by atoms with van der Waals surface area (Å²) in [5.41, 5.74) is 6.04. The van der Waals surface area contributed by atoms with E-state index in [1.54, 1.807) is 36.4 Å². The third kappa shape index (κ3) is 5.02. The van der Waals surface area contributed by atoms with Gasteiger partial charge in [0.2, 0.25) is 0 Å². The molecule has 1 saturated heterocycles. The maximum absolute atomic E-state index is 12.9. The predicted octanol–water partition coefficient (Wildman–Crippen LogP) is 4.95. The molecule has 6 nitrogen and oxygen atoms in total. The van der Waals surface area contributed by atoms with Gasteiger partial charge < -0.3 is 9.47 Å². The van der Waals surface area contributed by atoms with Crippen molar-refractivity contribution in [1.29, 1.82) is 0 Å². The molecule has 168 valence electrons. The van der Waals surface area contributed by atoms with Crippen LogP contribution >= 0.6 is 11.6 Å². The van der Waals surface area contributed by atoms with Gasteiger partial charge in [-0.05, 0) is 65.6 Å². The Kier molecular flexibility index (Phi) is 6.66. The highest BCUT2D eigenvalue weighted by Crippen LogP contribution is 2.30. The molecule has 0 atom stereocenters. The van der Waals surface area contributed by atoms with Crippen molar-refractivity contribution in [2.24, 2.45) is 0 Å². The number of anilines is 1. The molecule has 0 bridgehead atoms. The molecule has 7 heteroatoms. The number of ether oxygens (including phenoxy) is 2. The minimum atomic E-state index is -0.457. The van der Waals surface area contributed by atoms with Crippen molar-refractivity contribution in [2.45, 2.75) is 20.0 Å². The number of hydrogen-bond donors (Lipinski definition) is 1. The molecule has 33 heavy (non-hydrogen) atoms. The lowest BCUT2D eigenvalue weighted by Gasteiger charge is -2.14. The van der Waals surface area contributed by atoms with Gasteiger partial charge in [-0.25, -0.2) is 5.01 Å². The van der Waals surface area contributed by atoms with Gasteiger partial charge in [0, 0.05) is 5.02 Å². The summed E-state index contributed by atoms with van der Waals surface area (Å²) >= 11 is 5.92. The van der Waals surface area contributed by atoms with Gasteiger partial charge in [-0.15, -0.1) is 0 Å². The molecule has 3 aromatic carbocycles. The Morgan fingerprint density at radius 2 is 1.64 bits per heavy atom. The van der Waals surface area contributed by atoms with E-state index in [4.69, 9.17) is 21.1 Å². The third-order valence-electron chi connectivity index (χ3n) is 5.30. The number of nitrogens with zero attached hydrogens (tertiary/aromatic N) is 1. The van der Waals surface area contributed by atoms with Gasteiger partial charge in [-0.2, -0.15) is 0 Å². The Labute approximate surface area is 197 Å². The number of rotatable bonds is 7. The van der Waals surface area contributed by atoms with Gasteiger partial charge in [0.1, 0.15) is 12.2 Å². The first-order chi connectivity index (χ1) is 16.0. The molecular formula is C26H23ClN2O4. The molecule has 1 aliphatic rings. The smallest absolute Gasteiger partial charge is 0.282 e. The molecule has 0 saturated carbocycles. The van der Waals surface area contributed by atoms with E-state index in [9.17, 15) is 9.59 Å². The van der Waals surface area contributed by atoms with E-state index in [1.165, 1.54) is 12.1 Å². The Morgan fingerprint density at radius 3 is 2.30 bits per heavy atom. The van der Waals surface area contributed by atoms with E-state index in [1.807, 2.05) is 36.4 Å². The second-order valence-electron chi connectivity index (χ2n) is 7.48. The predicted molar refractivity (Wildman–Crippen MR) is 128 cm³/mol. The number of carbonyl (C=O) groups excluding carboxylic acids is 2. The van der Waals surface area contributed by atoms with Crippen molar-refractivity contribution in [3.63, 3.8) is 0 Å². The van der Waals surface area contributed by atoms with Crippen LogP contribution in [-0.4, -0.2) is 18.9 Å². The summed E-state index contributed by atoms with van der Waals surface area (Å²) in [5, 5.41) is 1.92. The normalized spacial score (nSPS) is 14.5. The van der Waals surface area contributed by atoms with Crippen LogP contribution in [0.25, 0.3) is 6.08 Å². The maximum atomic E-state index is 12.9. The summed E-state index contributed by atoms with van der Waals surface area (Å²) < 4.78 is 11.3. The van der Waals surface area contributed by atoms with Crippen molar-refractivity contribution < 1.29 is 19.1 Å². The number of carbonyl (C=O) groups is 2. The average molecular weight is 463 g/mol. The molecule has 1 N–H and O–H groups in total. The highest BCUT2D eigenvalue weighted by molar-refractivity contribution is 6.31. The van der Waals surface area contributed by atoms with Crippen LogP contribution in [0.4, 0.5) is 5.69 Å². The van der Waals surface area contributed by atoms with E-state index in [0.717, 1.165) is 17.5 Å². The van der Waals surface area contributed by atoms with E-state index in [-0.39, 0.29) is 5.57 Å². The number of amides is 2. The fourth-order valence-corrected chi connectivity index (χ4v) is 3.55. The topological polar surface area (TPSA) is 67.9 Å². The lowest BCUT2D eigenvalue weighted by Crippen LogP contribution is -2.35. The first kappa shape index (κ1) is 22.4. The van der Waals surface area contributed by atoms with Crippen LogP contribution in [0.5, 0.6) is 11.5 Å². The zero-order valence-corrected chi connectivity index (χ0v) is 19.1. The maximum Gasteiger partial charge on any atom is 0.282 e. The fraction of sp³-hybridized carbons (Fsp3) is 0.154. The van der Waals surface area contributed by atoms with Crippen molar-refractivity contribution in [3.05, 3.63) is 94.0 Å². The molecule has 4 rings (SSSR count). The zero-order valence-electron chi connectivity index (χ0n) is 18.3. The first-order valence-electron chi connectivity index (χ1n) is 10.5. The minimum absolute atomic E-state index is 0.0476. The van der Waals surface area contributed by atoms with Gasteiger partial charge in [0.05, 0.1) is 12.8 Å². The van der Waals surface area contributed by atoms with Crippen LogP contribution in [-0.2, 0) is 22.6 Å². The number of nitrogens with one attached hydrogen (secondary N) is 1. The number of benzene rings is 3. The van der Waals surface area contributed by atoms with Crippen molar-refractivity contribution in [1.82, 2.24) is 5.43 Å². The standard InChI is InChI=1S/C26H23ClN2O4/c1-3-17-6-11-21(12-7-17)29-26(31)22(25(30)28-29)14-19-8-13-23(24(15-19)32-2)33-16-18-4-9-20(27)10-5-18/h4-15H,3,16H2,1-2H3,(H,28,30). The lowest BCUT2D eigenvalue weighted by molar-refractivity contribution is -0.117. The number of methoxy groups -OCH3 is 1. The molecule has 1 aliphatic heterocycles. The summed E-state index contributed by atoms with van der Waals surface area (Å²) in [4.78, 5) is 25.4. The highest BCUT2D eigenvalue weighted by Gasteiger charge is 2.34. The molecule has 0 spiro atoms. The first-order valence-corrected chi connectivity index (χ1v) is 10.9. The highest BCUT2D eigenvalue weighted by atomic mass is 35.5. The van der Waals surface area contributed by atoms with Crippen LogP contribution in [0, 0.1) is 0 Å². The number of hydrazine groups is 1. The van der Waals surface area contributed by atoms with Gasteiger partial charge >= 0.3 is 0 Å². The number of halogens is 1. The van der Waals surface area contributed by atoms with E-state index >= 15 is 0 Å². The van der Waals surface area contributed by atoms with Crippen LogP contribution < -0.4 is 19.9 Å². The monoisotopic (exact) mass is 462 g/mol. The number of hydrogen-bond acceptors (Lipinski definition) is 4. The van der Waals surface area contributed by atoms with Gasteiger partial charge in [-0.3, -0.25) is 15.0 Å². The van der Waals surface area contributed by atoms with Crippen LogP contribution in [0.15, 0.2) is 72.3 Å². The Balaban J connectivity index is 1.52. The lowest BCUT2D eigenvalue weighted by atomic mass is 10.1. The van der Waals surface area contributed by atoms with Crippen molar-refractivity contribution >= 4 is 35.2 Å². The van der Waals surface area contributed by atoms with E-state index in [0.29, 0.717) is 34.4 Å². The van der Waals surface area contributed by atoms with Crippen molar-refractivity contribution in [3.8, 4) is 11.5 Å². The zero-order chi connectivity index (χ0) is 23.4. The Hall–Kier alpha value is -3.77. The van der Waals surface area contributed by atoms with Gasteiger partial charge in [-0.1, -0.05) is 48.9 Å². The summed E-state index contributed by atoms with van der Waals surface area (Å²) in [6.45, 7) is 2.40. The Morgan fingerprint density at radius 1 is 0.939 bits per heavy atom. The molecule has 0 aromatic heterocycles. The SMILES string of the molecule is CCc1ccc(N2NC(=O)C(=Cc3ccc(OCc4ccc(Cl)cc4)c(OC)c3)C2=O)cc1. The summed E-state index contributed by atoms with van der Waals surface area (Å²) in [6.07, 6.45) is 2.44. The van der Waals surface area contributed by atoms with Crippen LogP contribution in [0.3, 0.4) is 0 Å². The molecule has 0 unspecified atom stereocenters. The van der Waals surface area contributed by atoms with Crippen molar-refractivity contribution in [2.75, 3.05) is 12.1 Å². The quantitative estimate of drug-likeness (QED) is 0.398. The van der Waals surface area contributed by atoms with Gasteiger partial charge in [0.25, 0.3) is 11.8 Å². The molecule has 0 radical (unpaired) electrons. The molecule has 0 aliphatic carbocycles.